The number of carbonyl (C=O) groups is 2. The molecule has 0 heterocycles. The smallest absolute Gasteiger partial charge is 0.278 e. The SMILES string of the molecule is COC[SiH](N(C)C(C)=O)N(C)C(C)=O. The van der Waals surface area contributed by atoms with Gasteiger partial charge in [0.05, 0.1) is 6.23 Å². The van der Waals surface area contributed by atoms with E-state index < -0.39 is 9.12 Å². The van der Waals surface area contributed by atoms with Crippen molar-refractivity contribution in [1.82, 2.24) is 9.13 Å². The third-order valence-corrected chi connectivity index (χ3v) is 5.35. The van der Waals surface area contributed by atoms with Crippen molar-refractivity contribution in [2.45, 2.75) is 13.8 Å². The summed E-state index contributed by atoms with van der Waals surface area (Å²) in [5.74, 6) is -0.0707. The normalized spacial score (nSPS) is 10.1. The summed E-state index contributed by atoms with van der Waals surface area (Å²) in [5, 5.41) is 0. The highest BCUT2D eigenvalue weighted by molar-refractivity contribution is 6.58. The van der Waals surface area contributed by atoms with Crippen molar-refractivity contribution in [1.29, 1.82) is 0 Å². The number of ether oxygens (including phenoxy) is 1. The minimum absolute atomic E-state index is 0.0354. The Labute approximate surface area is 86.4 Å². The molecule has 0 radical (unpaired) electrons. The van der Waals surface area contributed by atoms with Crippen molar-refractivity contribution in [2.24, 2.45) is 0 Å². The fraction of sp³-hybridized carbons (Fsp3) is 0.750. The molecule has 82 valence electrons. The third kappa shape index (κ3) is 3.47. The maximum absolute atomic E-state index is 11.2. The standard InChI is InChI=1S/C8H18N2O3Si/c1-7(11)9(3)14(6-13-5)10(4)8(2)12/h14H,6H2,1-5H3. The van der Waals surface area contributed by atoms with Crippen LogP contribution in [0, 0.1) is 0 Å². The summed E-state index contributed by atoms with van der Waals surface area (Å²) in [7, 11) is 3.19. The fourth-order valence-corrected chi connectivity index (χ4v) is 3.16. The Bertz CT molecular complexity index is 203. The predicted molar refractivity (Wildman–Crippen MR) is 55.9 cm³/mol. The lowest BCUT2D eigenvalue weighted by Crippen LogP contribution is -2.55. The highest BCUT2D eigenvalue weighted by Gasteiger charge is 2.26. The zero-order chi connectivity index (χ0) is 11.3. The van der Waals surface area contributed by atoms with Gasteiger partial charge in [-0.15, -0.1) is 0 Å². The molecular formula is C8H18N2O3Si. The van der Waals surface area contributed by atoms with Gasteiger partial charge in [-0.1, -0.05) is 0 Å². The Kier molecular flexibility index (Phi) is 5.40. The van der Waals surface area contributed by atoms with Crippen molar-refractivity contribution in [2.75, 3.05) is 27.4 Å². The lowest BCUT2D eigenvalue weighted by molar-refractivity contribution is -0.125. The van der Waals surface area contributed by atoms with Crippen molar-refractivity contribution >= 4 is 20.9 Å². The molecule has 6 heteroatoms. The molecule has 0 unspecified atom stereocenters. The molecule has 0 aromatic rings. The van der Waals surface area contributed by atoms with Gasteiger partial charge in [0.25, 0.3) is 9.12 Å². The molecule has 0 N–H and O–H groups in total. The van der Waals surface area contributed by atoms with Crippen LogP contribution in [0.25, 0.3) is 0 Å². The van der Waals surface area contributed by atoms with Crippen LogP contribution in [0.2, 0.25) is 0 Å². The van der Waals surface area contributed by atoms with Gasteiger partial charge in [-0.25, -0.2) is 0 Å². The second-order valence-electron chi connectivity index (χ2n) is 3.20. The van der Waals surface area contributed by atoms with Crippen molar-refractivity contribution in [3.63, 3.8) is 0 Å². The Morgan fingerprint density at radius 2 is 1.50 bits per heavy atom. The highest BCUT2D eigenvalue weighted by Crippen LogP contribution is 1.99. The average molecular weight is 218 g/mol. The Morgan fingerprint density at radius 1 is 1.14 bits per heavy atom. The van der Waals surface area contributed by atoms with E-state index in [9.17, 15) is 9.59 Å². The molecule has 0 saturated carbocycles. The van der Waals surface area contributed by atoms with Crippen LogP contribution in [0.15, 0.2) is 0 Å². The first-order valence-electron chi connectivity index (χ1n) is 4.37. The molecular weight excluding hydrogens is 200 g/mol. The third-order valence-electron chi connectivity index (χ3n) is 2.20. The molecule has 0 atom stereocenters. The van der Waals surface area contributed by atoms with Crippen LogP contribution in [0.5, 0.6) is 0 Å². The highest BCUT2D eigenvalue weighted by atomic mass is 28.3. The Morgan fingerprint density at radius 3 is 1.71 bits per heavy atom. The monoisotopic (exact) mass is 218 g/mol. The summed E-state index contributed by atoms with van der Waals surface area (Å²) < 4.78 is 8.25. The predicted octanol–water partition coefficient (Wildman–Crippen LogP) is -0.651. The largest absolute Gasteiger partial charge is 0.384 e. The molecule has 14 heavy (non-hydrogen) atoms. The first-order chi connectivity index (χ1) is 6.41. The first kappa shape index (κ1) is 13.1. The summed E-state index contributed by atoms with van der Waals surface area (Å²) >= 11 is 0. The molecule has 0 aromatic heterocycles. The van der Waals surface area contributed by atoms with E-state index in [-0.39, 0.29) is 11.8 Å². The zero-order valence-corrected chi connectivity index (χ0v) is 10.6. The van der Waals surface area contributed by atoms with Gasteiger partial charge in [0.1, 0.15) is 0 Å². The van der Waals surface area contributed by atoms with Gasteiger partial charge in [0.15, 0.2) is 0 Å². The van der Waals surface area contributed by atoms with Gasteiger partial charge >= 0.3 is 0 Å². The van der Waals surface area contributed by atoms with Crippen molar-refractivity contribution in [3.8, 4) is 0 Å². The summed E-state index contributed by atoms with van der Waals surface area (Å²) in [6.45, 7) is 2.98. The summed E-state index contributed by atoms with van der Waals surface area (Å²) in [5.41, 5.74) is 0. The van der Waals surface area contributed by atoms with Crippen LogP contribution in [0.3, 0.4) is 0 Å². The summed E-state index contributed by atoms with van der Waals surface area (Å²) in [4.78, 5) is 22.3. The van der Waals surface area contributed by atoms with Gasteiger partial charge < -0.3 is 13.9 Å². The van der Waals surface area contributed by atoms with Crippen LogP contribution >= 0.6 is 0 Å². The van der Waals surface area contributed by atoms with Gasteiger partial charge in [-0.2, -0.15) is 0 Å². The Balaban J connectivity index is 4.57. The van der Waals surface area contributed by atoms with Crippen LogP contribution in [0.4, 0.5) is 0 Å². The number of amides is 2. The number of carbonyl (C=O) groups excluding carboxylic acids is 2. The average Bonchev–Trinajstić information content (AvgIpc) is 2.11. The second kappa shape index (κ2) is 5.76. The molecule has 0 aliphatic heterocycles. The van der Waals surface area contributed by atoms with Crippen LogP contribution < -0.4 is 0 Å². The number of hydrogen-bond donors (Lipinski definition) is 0. The maximum Gasteiger partial charge on any atom is 0.278 e. The molecule has 2 amide bonds. The maximum atomic E-state index is 11.2. The quantitative estimate of drug-likeness (QED) is 0.589. The molecule has 0 aliphatic rings. The van der Waals surface area contributed by atoms with E-state index in [0.29, 0.717) is 6.23 Å². The van der Waals surface area contributed by atoms with Crippen LogP contribution in [0.1, 0.15) is 13.8 Å². The molecule has 0 aliphatic carbocycles. The summed E-state index contributed by atoms with van der Waals surface area (Å²) in [6, 6.07) is 0. The van der Waals surface area contributed by atoms with E-state index in [0.717, 1.165) is 0 Å². The fourth-order valence-electron chi connectivity index (χ4n) is 1.05. The zero-order valence-electron chi connectivity index (χ0n) is 9.40. The lowest BCUT2D eigenvalue weighted by Gasteiger charge is -2.32. The number of nitrogens with zero attached hydrogens (tertiary/aromatic N) is 2. The van der Waals surface area contributed by atoms with Gasteiger partial charge in [0.2, 0.25) is 11.8 Å². The van der Waals surface area contributed by atoms with Crippen LogP contribution in [-0.2, 0) is 14.3 Å². The summed E-state index contributed by atoms with van der Waals surface area (Å²) in [6.07, 6.45) is 0.451. The van der Waals surface area contributed by atoms with E-state index in [1.54, 1.807) is 30.3 Å². The van der Waals surface area contributed by atoms with E-state index >= 15 is 0 Å². The number of hydrogen-bond acceptors (Lipinski definition) is 3. The molecule has 5 nitrogen and oxygen atoms in total. The lowest BCUT2D eigenvalue weighted by atomic mass is 10.7. The van der Waals surface area contributed by atoms with E-state index in [2.05, 4.69) is 0 Å². The number of rotatable bonds is 4. The molecule has 0 bridgehead atoms. The van der Waals surface area contributed by atoms with E-state index in [4.69, 9.17) is 4.74 Å². The van der Waals surface area contributed by atoms with Gasteiger partial charge in [-0.05, 0) is 0 Å². The second-order valence-corrected chi connectivity index (χ2v) is 6.04. The van der Waals surface area contributed by atoms with Crippen molar-refractivity contribution in [3.05, 3.63) is 0 Å². The first-order valence-corrected chi connectivity index (χ1v) is 6.22. The van der Waals surface area contributed by atoms with Crippen LogP contribution in [-0.4, -0.2) is 57.5 Å². The molecule has 0 spiro atoms. The molecule has 0 saturated heterocycles. The molecule has 0 aromatic carbocycles. The number of methoxy groups -OCH3 is 1. The van der Waals surface area contributed by atoms with E-state index in [1.807, 2.05) is 0 Å². The van der Waals surface area contributed by atoms with Gasteiger partial charge in [-0.3, -0.25) is 9.59 Å². The molecule has 0 rings (SSSR count). The minimum atomic E-state index is -1.79. The minimum Gasteiger partial charge on any atom is -0.384 e. The van der Waals surface area contributed by atoms with E-state index in [1.165, 1.54) is 13.8 Å². The van der Waals surface area contributed by atoms with Crippen molar-refractivity contribution < 1.29 is 14.3 Å². The molecule has 0 fully saturated rings. The Hall–Kier alpha value is -0.883. The topological polar surface area (TPSA) is 49.9 Å². The van der Waals surface area contributed by atoms with Gasteiger partial charge in [0, 0.05) is 35.1 Å².